The highest BCUT2D eigenvalue weighted by Gasteiger charge is 2.30. The van der Waals surface area contributed by atoms with Crippen LogP contribution in [0.1, 0.15) is 49.9 Å². The van der Waals surface area contributed by atoms with Gasteiger partial charge in [0.2, 0.25) is 5.91 Å². The Hall–Kier alpha value is -1.84. The number of hydrogen-bond acceptors (Lipinski definition) is 2. The first-order valence-corrected chi connectivity index (χ1v) is 9.29. The summed E-state index contributed by atoms with van der Waals surface area (Å²) in [7, 11) is 0. The zero-order chi connectivity index (χ0) is 17.8. The predicted molar refractivity (Wildman–Crippen MR) is 103 cm³/mol. The monoisotopic (exact) mass is 356 g/mol. The first kappa shape index (κ1) is 18.0. The van der Waals surface area contributed by atoms with E-state index in [1.165, 1.54) is 0 Å². The van der Waals surface area contributed by atoms with Crippen LogP contribution in [-0.4, -0.2) is 11.9 Å². The number of carbonyl (C=O) groups is 1. The molecule has 132 valence electrons. The number of hydrogen-bond donors (Lipinski definition) is 2. The van der Waals surface area contributed by atoms with E-state index in [1.54, 1.807) is 0 Å². The van der Waals surface area contributed by atoms with Gasteiger partial charge < -0.3 is 5.32 Å². The molecule has 1 amide bonds. The van der Waals surface area contributed by atoms with Gasteiger partial charge in [0.05, 0.1) is 0 Å². The SMILES string of the molecule is CC(C)[C@@H](N[C@H](C(=O)NC1CC1)c1ccccc1)c1ccc(Cl)cc1. The number of carbonyl (C=O) groups excluding carboxylic acids is 1. The van der Waals surface area contributed by atoms with Crippen LogP contribution in [0.15, 0.2) is 54.6 Å². The summed E-state index contributed by atoms with van der Waals surface area (Å²) in [5.74, 6) is 0.384. The lowest BCUT2D eigenvalue weighted by Crippen LogP contribution is -2.41. The topological polar surface area (TPSA) is 41.1 Å². The molecule has 0 radical (unpaired) electrons. The van der Waals surface area contributed by atoms with Crippen LogP contribution in [0.4, 0.5) is 0 Å². The maximum atomic E-state index is 12.8. The molecule has 0 aromatic heterocycles. The van der Waals surface area contributed by atoms with Crippen LogP contribution < -0.4 is 10.6 Å². The van der Waals surface area contributed by atoms with Crippen molar-refractivity contribution in [1.29, 1.82) is 0 Å². The molecule has 2 aromatic rings. The maximum Gasteiger partial charge on any atom is 0.241 e. The minimum absolute atomic E-state index is 0.0494. The molecular weight excluding hydrogens is 332 g/mol. The normalized spacial score (nSPS) is 16.5. The van der Waals surface area contributed by atoms with Crippen LogP contribution in [0.25, 0.3) is 0 Å². The lowest BCUT2D eigenvalue weighted by Gasteiger charge is -2.29. The highest BCUT2D eigenvalue weighted by atomic mass is 35.5. The fourth-order valence-electron chi connectivity index (χ4n) is 3.00. The third-order valence-corrected chi connectivity index (χ3v) is 4.81. The second-order valence-corrected chi connectivity index (χ2v) is 7.50. The molecule has 0 saturated heterocycles. The van der Waals surface area contributed by atoms with E-state index in [1.807, 2.05) is 54.6 Å². The quantitative estimate of drug-likeness (QED) is 0.758. The van der Waals surface area contributed by atoms with Gasteiger partial charge in [0.25, 0.3) is 0 Å². The molecule has 0 unspecified atom stereocenters. The van der Waals surface area contributed by atoms with Gasteiger partial charge >= 0.3 is 0 Å². The summed E-state index contributed by atoms with van der Waals surface area (Å²) in [5.41, 5.74) is 2.12. The first-order chi connectivity index (χ1) is 12.0. The van der Waals surface area contributed by atoms with Crippen molar-refractivity contribution in [3.63, 3.8) is 0 Å². The summed E-state index contributed by atoms with van der Waals surface area (Å²) < 4.78 is 0. The van der Waals surface area contributed by atoms with Gasteiger partial charge in [-0.2, -0.15) is 0 Å². The molecule has 3 nitrogen and oxygen atoms in total. The Labute approximate surface area is 154 Å². The summed E-state index contributed by atoms with van der Waals surface area (Å²) in [6.07, 6.45) is 2.16. The molecule has 2 atom stereocenters. The molecule has 25 heavy (non-hydrogen) atoms. The molecule has 0 bridgehead atoms. The second kappa shape index (κ2) is 8.03. The molecule has 1 fully saturated rings. The lowest BCUT2D eigenvalue weighted by atomic mass is 9.93. The Morgan fingerprint density at radius 1 is 1.00 bits per heavy atom. The summed E-state index contributed by atoms with van der Waals surface area (Å²) in [6, 6.07) is 17.8. The first-order valence-electron chi connectivity index (χ1n) is 8.91. The van der Waals surface area contributed by atoms with Crippen molar-refractivity contribution >= 4 is 17.5 Å². The van der Waals surface area contributed by atoms with Gasteiger partial charge in [-0.3, -0.25) is 10.1 Å². The van der Waals surface area contributed by atoms with Crippen LogP contribution in [0, 0.1) is 5.92 Å². The summed E-state index contributed by atoms with van der Waals surface area (Å²) in [5, 5.41) is 7.44. The Bertz CT molecular complexity index is 696. The Morgan fingerprint density at radius 3 is 2.20 bits per heavy atom. The summed E-state index contributed by atoms with van der Waals surface area (Å²) >= 11 is 6.03. The molecule has 2 N–H and O–H groups in total. The average molecular weight is 357 g/mol. The molecule has 1 aliphatic rings. The molecule has 4 heteroatoms. The van der Waals surface area contributed by atoms with Gasteiger partial charge in [-0.1, -0.05) is 67.9 Å². The van der Waals surface area contributed by atoms with E-state index < -0.39 is 0 Å². The predicted octanol–water partition coefficient (Wildman–Crippen LogP) is 4.65. The van der Waals surface area contributed by atoms with E-state index in [0.717, 1.165) is 29.0 Å². The number of benzene rings is 2. The Kier molecular flexibility index (Phi) is 5.77. The Morgan fingerprint density at radius 2 is 1.64 bits per heavy atom. The van der Waals surface area contributed by atoms with Crippen molar-refractivity contribution in [2.24, 2.45) is 5.92 Å². The highest BCUT2D eigenvalue weighted by molar-refractivity contribution is 6.30. The third-order valence-electron chi connectivity index (χ3n) is 4.56. The maximum absolute atomic E-state index is 12.8. The second-order valence-electron chi connectivity index (χ2n) is 7.07. The van der Waals surface area contributed by atoms with E-state index in [9.17, 15) is 4.79 Å². The van der Waals surface area contributed by atoms with Gasteiger partial charge in [-0.05, 0) is 42.0 Å². The molecule has 0 heterocycles. The van der Waals surface area contributed by atoms with E-state index in [0.29, 0.717) is 12.0 Å². The van der Waals surface area contributed by atoms with Crippen molar-refractivity contribution in [3.05, 3.63) is 70.7 Å². The van der Waals surface area contributed by atoms with Gasteiger partial charge in [0, 0.05) is 17.1 Å². The van der Waals surface area contributed by atoms with Gasteiger partial charge in [-0.15, -0.1) is 0 Å². The number of halogens is 1. The lowest BCUT2D eigenvalue weighted by molar-refractivity contribution is -0.123. The highest BCUT2D eigenvalue weighted by Crippen LogP contribution is 2.28. The minimum Gasteiger partial charge on any atom is -0.352 e. The molecule has 2 aromatic carbocycles. The zero-order valence-electron chi connectivity index (χ0n) is 14.7. The third kappa shape index (κ3) is 4.83. The fraction of sp³-hybridized carbons (Fsp3) is 0.381. The average Bonchev–Trinajstić information content (AvgIpc) is 3.41. The van der Waals surface area contributed by atoms with Crippen molar-refractivity contribution in [3.8, 4) is 0 Å². The van der Waals surface area contributed by atoms with Crippen LogP contribution in [0.3, 0.4) is 0 Å². The van der Waals surface area contributed by atoms with Crippen LogP contribution in [-0.2, 0) is 4.79 Å². The number of rotatable bonds is 7. The van der Waals surface area contributed by atoms with E-state index >= 15 is 0 Å². The van der Waals surface area contributed by atoms with Crippen molar-refractivity contribution in [2.75, 3.05) is 0 Å². The van der Waals surface area contributed by atoms with Crippen LogP contribution in [0.5, 0.6) is 0 Å². The van der Waals surface area contributed by atoms with Crippen molar-refractivity contribution < 1.29 is 4.79 Å². The van der Waals surface area contributed by atoms with E-state index in [4.69, 9.17) is 11.6 Å². The molecule has 0 spiro atoms. The van der Waals surface area contributed by atoms with E-state index in [-0.39, 0.29) is 18.0 Å². The standard InChI is InChI=1S/C21H25ClN2O/c1-14(2)19(16-8-10-17(22)11-9-16)24-20(15-6-4-3-5-7-15)21(25)23-18-12-13-18/h3-11,14,18-20,24H,12-13H2,1-2H3,(H,23,25)/t19-,20+/m1/s1. The minimum atomic E-state index is -0.370. The molecular formula is C21H25ClN2O. The summed E-state index contributed by atoms with van der Waals surface area (Å²) in [4.78, 5) is 12.8. The number of nitrogens with one attached hydrogen (secondary N) is 2. The van der Waals surface area contributed by atoms with E-state index in [2.05, 4.69) is 24.5 Å². The summed E-state index contributed by atoms with van der Waals surface area (Å²) in [6.45, 7) is 4.32. The van der Waals surface area contributed by atoms with Gasteiger partial charge in [0.15, 0.2) is 0 Å². The van der Waals surface area contributed by atoms with Crippen molar-refractivity contribution in [2.45, 2.75) is 44.8 Å². The van der Waals surface area contributed by atoms with Gasteiger partial charge in [0.1, 0.15) is 6.04 Å². The van der Waals surface area contributed by atoms with Crippen molar-refractivity contribution in [1.82, 2.24) is 10.6 Å². The molecule has 1 aliphatic carbocycles. The smallest absolute Gasteiger partial charge is 0.241 e. The van der Waals surface area contributed by atoms with Crippen LogP contribution in [0.2, 0.25) is 5.02 Å². The molecule has 3 rings (SSSR count). The Balaban J connectivity index is 1.85. The zero-order valence-corrected chi connectivity index (χ0v) is 15.5. The largest absolute Gasteiger partial charge is 0.352 e. The fourth-order valence-corrected chi connectivity index (χ4v) is 3.13. The molecule has 0 aliphatic heterocycles. The van der Waals surface area contributed by atoms with Gasteiger partial charge in [-0.25, -0.2) is 0 Å². The number of amides is 1. The van der Waals surface area contributed by atoms with Crippen LogP contribution >= 0.6 is 11.6 Å². The molecule has 1 saturated carbocycles.